The lowest BCUT2D eigenvalue weighted by molar-refractivity contribution is -0.383. The van der Waals surface area contributed by atoms with Gasteiger partial charge < -0.3 is 69.3 Å². The Balaban J connectivity index is 1.82. The van der Waals surface area contributed by atoms with Crippen molar-refractivity contribution in [3.63, 3.8) is 0 Å². The Bertz CT molecular complexity index is 719. The van der Waals surface area contributed by atoms with Gasteiger partial charge in [-0.2, -0.15) is 0 Å². The zero-order chi connectivity index (χ0) is 26.0. The maximum Gasteiger partial charge on any atom is 0.188 e. The fourth-order valence-corrected chi connectivity index (χ4v) is 4.18. The molecule has 3 fully saturated rings. The predicted molar refractivity (Wildman–Crippen MR) is 111 cm³/mol. The summed E-state index contributed by atoms with van der Waals surface area (Å²) in [5.41, 5.74) is 0. The summed E-state index contributed by atoms with van der Waals surface area (Å²) in [5, 5.41) is 81.5. The van der Waals surface area contributed by atoms with Gasteiger partial charge in [0.1, 0.15) is 67.6 Å². The Morgan fingerprint density at radius 3 is 1.60 bits per heavy atom. The molecule has 3 rings (SSSR count). The molecule has 0 aromatic rings. The SMILES string of the molecule is C#CCO[C@@H]1OC(CO)[C@@H](O[C@@H]2OC(C)[C@H](O)[C@H](O)C2O)[C@H](O)C1O[C@@H]1OC(C)[C@H](O)[C@H](O)C1O. The Hall–Kier alpha value is -1.00. The van der Waals surface area contributed by atoms with Crippen LogP contribution in [-0.4, -0.2) is 146 Å². The third-order valence-corrected chi connectivity index (χ3v) is 6.33. The van der Waals surface area contributed by atoms with E-state index in [1.165, 1.54) is 13.8 Å². The van der Waals surface area contributed by atoms with Crippen LogP contribution in [0.3, 0.4) is 0 Å². The zero-order valence-electron chi connectivity index (χ0n) is 19.2. The molecule has 0 bridgehead atoms. The maximum absolute atomic E-state index is 11.1. The number of terminal acetylenes is 1. The molecule has 15 atom stereocenters. The summed E-state index contributed by atoms with van der Waals surface area (Å²) >= 11 is 0. The van der Waals surface area contributed by atoms with E-state index in [0.29, 0.717) is 0 Å². The molecule has 35 heavy (non-hydrogen) atoms. The van der Waals surface area contributed by atoms with Gasteiger partial charge in [0.25, 0.3) is 0 Å². The van der Waals surface area contributed by atoms with Gasteiger partial charge in [-0.15, -0.1) is 6.42 Å². The minimum atomic E-state index is -1.71. The van der Waals surface area contributed by atoms with E-state index < -0.39 is 98.7 Å². The van der Waals surface area contributed by atoms with Crippen molar-refractivity contribution in [1.82, 2.24) is 0 Å². The summed E-state index contributed by atoms with van der Waals surface area (Å²) in [5.74, 6) is 2.22. The molecule has 3 heterocycles. The van der Waals surface area contributed by atoms with Gasteiger partial charge in [-0.05, 0) is 13.8 Å². The van der Waals surface area contributed by atoms with Gasteiger partial charge in [0, 0.05) is 0 Å². The van der Waals surface area contributed by atoms with Gasteiger partial charge in [0.05, 0.1) is 18.8 Å². The summed E-state index contributed by atoms with van der Waals surface area (Å²) in [4.78, 5) is 0. The monoisotopic (exact) mass is 510 g/mol. The minimum Gasteiger partial charge on any atom is -0.394 e. The van der Waals surface area contributed by atoms with Crippen molar-refractivity contribution >= 4 is 0 Å². The molecule has 0 radical (unpaired) electrons. The maximum atomic E-state index is 11.1. The summed E-state index contributed by atoms with van der Waals surface area (Å²) < 4.78 is 33.2. The molecule has 14 nitrogen and oxygen atoms in total. The molecule has 0 saturated carbocycles. The number of aliphatic hydroxyl groups excluding tert-OH is 8. The van der Waals surface area contributed by atoms with E-state index in [9.17, 15) is 40.9 Å². The molecule has 3 saturated heterocycles. The van der Waals surface area contributed by atoms with Crippen molar-refractivity contribution < 1.29 is 69.3 Å². The Labute approximate surface area is 201 Å². The topological polar surface area (TPSA) is 217 Å². The van der Waals surface area contributed by atoms with Crippen LogP contribution in [0.5, 0.6) is 0 Å². The first kappa shape index (κ1) is 28.6. The normalized spacial score (nSPS) is 51.1. The number of ether oxygens (including phenoxy) is 6. The average molecular weight is 510 g/mol. The highest BCUT2D eigenvalue weighted by atomic mass is 16.8. The van der Waals surface area contributed by atoms with Gasteiger partial charge in [-0.25, -0.2) is 0 Å². The summed E-state index contributed by atoms with van der Waals surface area (Å²) in [6.45, 7) is 1.91. The predicted octanol–water partition coefficient (Wildman–Crippen LogP) is -4.86. The number of hydrogen-bond donors (Lipinski definition) is 8. The van der Waals surface area contributed by atoms with E-state index in [-0.39, 0.29) is 6.61 Å². The van der Waals surface area contributed by atoms with E-state index >= 15 is 0 Å². The van der Waals surface area contributed by atoms with Crippen LogP contribution in [0.25, 0.3) is 0 Å². The molecular formula is C21H34O14. The standard InChI is InChI=1S/C21H34O14/c1-4-5-30-21-18(35-20-15(28)13(26)11(24)8(3)32-20)16(29)17(9(6-22)33-21)34-19-14(27)12(25)10(23)7(2)31-19/h1,7-29H,5-6H2,2-3H3/t7?,8?,9?,10-,11-,12-,13-,14?,15?,16-,17+,18?,19-,20-,21+/m0/s1. The minimum absolute atomic E-state index is 0.279. The smallest absolute Gasteiger partial charge is 0.188 e. The molecule has 0 aromatic heterocycles. The van der Waals surface area contributed by atoms with Crippen LogP contribution in [0.15, 0.2) is 0 Å². The molecule has 6 unspecified atom stereocenters. The average Bonchev–Trinajstić information content (AvgIpc) is 2.84. The molecule has 0 spiro atoms. The summed E-state index contributed by atoms with van der Waals surface area (Å²) in [7, 11) is 0. The van der Waals surface area contributed by atoms with Crippen LogP contribution in [0.2, 0.25) is 0 Å². The van der Waals surface area contributed by atoms with Gasteiger partial charge in [-0.3, -0.25) is 0 Å². The molecule has 202 valence electrons. The Kier molecular flexibility index (Phi) is 9.82. The van der Waals surface area contributed by atoms with Crippen LogP contribution in [0.1, 0.15) is 13.8 Å². The lowest BCUT2D eigenvalue weighted by atomic mass is 9.96. The highest BCUT2D eigenvalue weighted by molar-refractivity contribution is 4.96. The third kappa shape index (κ3) is 5.95. The molecule has 3 aliphatic heterocycles. The number of rotatable bonds is 7. The molecule has 0 amide bonds. The molecule has 8 N–H and O–H groups in total. The van der Waals surface area contributed by atoms with E-state index in [1.54, 1.807) is 0 Å². The fourth-order valence-electron chi connectivity index (χ4n) is 4.18. The summed E-state index contributed by atoms with van der Waals surface area (Å²) in [6.07, 6.45) is -16.4. The van der Waals surface area contributed by atoms with Gasteiger partial charge in [0.2, 0.25) is 0 Å². The van der Waals surface area contributed by atoms with Crippen molar-refractivity contribution in [1.29, 1.82) is 0 Å². The van der Waals surface area contributed by atoms with E-state index in [2.05, 4.69) is 5.92 Å². The summed E-state index contributed by atoms with van der Waals surface area (Å²) in [6, 6.07) is 0. The van der Waals surface area contributed by atoms with Crippen molar-refractivity contribution in [3.05, 3.63) is 0 Å². The zero-order valence-corrected chi connectivity index (χ0v) is 19.2. The van der Waals surface area contributed by atoms with Crippen molar-refractivity contribution in [2.75, 3.05) is 13.2 Å². The van der Waals surface area contributed by atoms with Gasteiger partial charge >= 0.3 is 0 Å². The third-order valence-electron chi connectivity index (χ3n) is 6.33. The Morgan fingerprint density at radius 1 is 0.657 bits per heavy atom. The van der Waals surface area contributed by atoms with Crippen LogP contribution >= 0.6 is 0 Å². The second-order valence-corrected chi connectivity index (χ2v) is 8.80. The lowest BCUT2D eigenvalue weighted by Crippen LogP contribution is -2.66. The first-order valence-corrected chi connectivity index (χ1v) is 11.2. The van der Waals surface area contributed by atoms with E-state index in [1.807, 2.05) is 0 Å². The van der Waals surface area contributed by atoms with Crippen molar-refractivity contribution in [2.45, 2.75) is 106 Å². The van der Waals surface area contributed by atoms with E-state index in [0.717, 1.165) is 0 Å². The van der Waals surface area contributed by atoms with Crippen LogP contribution < -0.4 is 0 Å². The first-order chi connectivity index (χ1) is 16.5. The second-order valence-electron chi connectivity index (χ2n) is 8.80. The number of hydrogen-bond acceptors (Lipinski definition) is 14. The van der Waals surface area contributed by atoms with Crippen molar-refractivity contribution in [3.8, 4) is 12.3 Å². The highest BCUT2D eigenvalue weighted by Gasteiger charge is 2.53. The fraction of sp³-hybridized carbons (Fsp3) is 0.905. The molecule has 3 aliphatic rings. The van der Waals surface area contributed by atoms with Crippen LogP contribution in [0, 0.1) is 12.3 Å². The molecule has 14 heteroatoms. The Morgan fingerprint density at radius 2 is 1.14 bits per heavy atom. The van der Waals surface area contributed by atoms with Gasteiger partial charge in [-0.1, -0.05) is 5.92 Å². The quantitative estimate of drug-likeness (QED) is 0.151. The lowest BCUT2D eigenvalue weighted by Gasteiger charge is -2.48. The second kappa shape index (κ2) is 12.0. The first-order valence-electron chi connectivity index (χ1n) is 11.2. The molecule has 0 aliphatic carbocycles. The largest absolute Gasteiger partial charge is 0.394 e. The van der Waals surface area contributed by atoms with Crippen LogP contribution in [-0.2, 0) is 28.4 Å². The molecular weight excluding hydrogens is 476 g/mol. The van der Waals surface area contributed by atoms with Gasteiger partial charge in [0.15, 0.2) is 18.9 Å². The van der Waals surface area contributed by atoms with Crippen molar-refractivity contribution in [2.24, 2.45) is 0 Å². The van der Waals surface area contributed by atoms with E-state index in [4.69, 9.17) is 34.8 Å². The molecule has 0 aromatic carbocycles. The number of aliphatic hydroxyl groups is 8. The van der Waals surface area contributed by atoms with Crippen LogP contribution in [0.4, 0.5) is 0 Å². The highest BCUT2D eigenvalue weighted by Crippen LogP contribution is 2.33.